The quantitative estimate of drug-likeness (QED) is 0.786. The molecular weight excluding hydrogens is 258 g/mol. The number of carbonyl (C=O) groups excluding carboxylic acids is 1. The molecule has 0 bridgehead atoms. The molecule has 0 aliphatic rings. The van der Waals surface area contributed by atoms with Crippen LogP contribution >= 0.6 is 15.9 Å². The second kappa shape index (κ2) is 5.88. The van der Waals surface area contributed by atoms with Gasteiger partial charge in [-0.3, -0.25) is 9.69 Å². The molecule has 0 saturated heterocycles. The van der Waals surface area contributed by atoms with Crippen LogP contribution in [-0.4, -0.2) is 31.6 Å². The molecule has 0 saturated carbocycles. The van der Waals surface area contributed by atoms with Crippen molar-refractivity contribution in [3.8, 4) is 0 Å². The highest BCUT2D eigenvalue weighted by atomic mass is 79.9. The highest BCUT2D eigenvalue weighted by Gasteiger charge is 2.06. The van der Waals surface area contributed by atoms with Gasteiger partial charge in [0.25, 0.3) is 0 Å². The molecule has 0 N–H and O–H groups in total. The van der Waals surface area contributed by atoms with E-state index in [0.717, 1.165) is 11.0 Å². The van der Waals surface area contributed by atoms with Crippen LogP contribution in [0.5, 0.6) is 0 Å². The highest BCUT2D eigenvalue weighted by molar-refractivity contribution is 9.10. The summed E-state index contributed by atoms with van der Waals surface area (Å²) in [6, 6.07) is 8.03. The fourth-order valence-corrected chi connectivity index (χ4v) is 1.51. The average Bonchev–Trinajstić information content (AvgIpc) is 2.21. The standard InChI is InChI=1S/C11H14BrNO2/c1-13(8-11(14)15-2)7-9-3-5-10(12)6-4-9/h3-6H,7-8H2,1-2H3. The second-order valence-corrected chi connectivity index (χ2v) is 4.29. The zero-order valence-corrected chi connectivity index (χ0v) is 10.5. The van der Waals surface area contributed by atoms with Crippen LogP contribution in [-0.2, 0) is 16.1 Å². The maximum atomic E-state index is 11.0. The molecule has 0 aliphatic heterocycles. The summed E-state index contributed by atoms with van der Waals surface area (Å²) in [5.74, 6) is -0.213. The van der Waals surface area contributed by atoms with Crippen molar-refractivity contribution in [2.75, 3.05) is 20.7 Å². The van der Waals surface area contributed by atoms with Crippen molar-refractivity contribution < 1.29 is 9.53 Å². The number of rotatable bonds is 4. The second-order valence-electron chi connectivity index (χ2n) is 3.37. The fraction of sp³-hybridized carbons (Fsp3) is 0.364. The molecule has 0 radical (unpaired) electrons. The Balaban J connectivity index is 2.47. The molecular formula is C11H14BrNO2. The molecule has 0 amide bonds. The van der Waals surface area contributed by atoms with E-state index in [1.54, 1.807) is 0 Å². The van der Waals surface area contributed by atoms with Crippen LogP contribution in [0.4, 0.5) is 0 Å². The molecule has 1 rings (SSSR count). The van der Waals surface area contributed by atoms with Gasteiger partial charge in [0.1, 0.15) is 0 Å². The molecule has 4 heteroatoms. The molecule has 15 heavy (non-hydrogen) atoms. The van der Waals surface area contributed by atoms with Crippen molar-refractivity contribution in [1.29, 1.82) is 0 Å². The summed E-state index contributed by atoms with van der Waals surface area (Å²) in [7, 11) is 3.29. The Morgan fingerprint density at radius 2 is 2.00 bits per heavy atom. The largest absolute Gasteiger partial charge is 0.468 e. The van der Waals surface area contributed by atoms with E-state index in [1.807, 2.05) is 36.2 Å². The maximum Gasteiger partial charge on any atom is 0.319 e. The third-order valence-corrected chi connectivity index (χ3v) is 2.52. The lowest BCUT2D eigenvalue weighted by Crippen LogP contribution is -2.26. The first-order chi connectivity index (χ1) is 7.11. The van der Waals surface area contributed by atoms with Crippen LogP contribution in [0.25, 0.3) is 0 Å². The number of methoxy groups -OCH3 is 1. The van der Waals surface area contributed by atoms with Gasteiger partial charge in [0.05, 0.1) is 13.7 Å². The lowest BCUT2D eigenvalue weighted by Gasteiger charge is -2.14. The summed E-state index contributed by atoms with van der Waals surface area (Å²) < 4.78 is 5.65. The number of hydrogen-bond acceptors (Lipinski definition) is 3. The van der Waals surface area contributed by atoms with Crippen molar-refractivity contribution >= 4 is 21.9 Å². The molecule has 0 unspecified atom stereocenters. The summed E-state index contributed by atoms with van der Waals surface area (Å²) in [5, 5.41) is 0. The van der Waals surface area contributed by atoms with Crippen LogP contribution < -0.4 is 0 Å². The Kier molecular flexibility index (Phi) is 4.78. The Morgan fingerprint density at radius 3 is 2.53 bits per heavy atom. The minimum Gasteiger partial charge on any atom is -0.468 e. The van der Waals surface area contributed by atoms with E-state index in [1.165, 1.54) is 12.7 Å². The van der Waals surface area contributed by atoms with Crippen molar-refractivity contribution in [3.05, 3.63) is 34.3 Å². The molecule has 0 fully saturated rings. The SMILES string of the molecule is COC(=O)CN(C)Cc1ccc(Br)cc1. The molecule has 82 valence electrons. The van der Waals surface area contributed by atoms with E-state index in [4.69, 9.17) is 0 Å². The van der Waals surface area contributed by atoms with Gasteiger partial charge in [-0.25, -0.2) is 0 Å². The molecule has 0 heterocycles. The Labute approximate surface area is 98.2 Å². The van der Waals surface area contributed by atoms with Crippen LogP contribution in [0.3, 0.4) is 0 Å². The summed E-state index contributed by atoms with van der Waals surface area (Å²) in [6.07, 6.45) is 0. The van der Waals surface area contributed by atoms with Gasteiger partial charge in [-0.1, -0.05) is 28.1 Å². The summed E-state index contributed by atoms with van der Waals surface area (Å²) in [6.45, 7) is 1.05. The van der Waals surface area contributed by atoms with Gasteiger partial charge in [-0.2, -0.15) is 0 Å². The maximum absolute atomic E-state index is 11.0. The van der Waals surface area contributed by atoms with Gasteiger partial charge < -0.3 is 4.74 Å². The summed E-state index contributed by atoms with van der Waals surface area (Å²) in [5.41, 5.74) is 1.17. The number of ether oxygens (including phenoxy) is 1. The summed E-state index contributed by atoms with van der Waals surface area (Å²) >= 11 is 3.38. The smallest absolute Gasteiger partial charge is 0.319 e. The van der Waals surface area contributed by atoms with E-state index in [9.17, 15) is 4.79 Å². The topological polar surface area (TPSA) is 29.5 Å². The van der Waals surface area contributed by atoms with Crippen LogP contribution in [0.15, 0.2) is 28.7 Å². The first-order valence-electron chi connectivity index (χ1n) is 4.61. The fourth-order valence-electron chi connectivity index (χ4n) is 1.24. The van der Waals surface area contributed by atoms with Gasteiger partial charge in [-0.05, 0) is 24.7 Å². The molecule has 0 aromatic heterocycles. The monoisotopic (exact) mass is 271 g/mol. The van der Waals surface area contributed by atoms with E-state index >= 15 is 0 Å². The Bertz CT molecular complexity index is 324. The molecule has 0 atom stereocenters. The molecule has 1 aromatic rings. The normalized spacial score (nSPS) is 10.4. The number of hydrogen-bond donors (Lipinski definition) is 0. The van der Waals surface area contributed by atoms with Crippen LogP contribution in [0.2, 0.25) is 0 Å². The Morgan fingerprint density at radius 1 is 1.40 bits per heavy atom. The zero-order chi connectivity index (χ0) is 11.3. The van der Waals surface area contributed by atoms with Crippen molar-refractivity contribution in [2.45, 2.75) is 6.54 Å². The number of esters is 1. The van der Waals surface area contributed by atoms with E-state index < -0.39 is 0 Å². The third kappa shape index (κ3) is 4.44. The number of nitrogens with zero attached hydrogens (tertiary/aromatic N) is 1. The van der Waals surface area contributed by atoms with Gasteiger partial charge in [0.2, 0.25) is 0 Å². The van der Waals surface area contributed by atoms with Gasteiger partial charge >= 0.3 is 5.97 Å². The molecule has 0 spiro atoms. The molecule has 3 nitrogen and oxygen atoms in total. The highest BCUT2D eigenvalue weighted by Crippen LogP contribution is 2.11. The summed E-state index contributed by atoms with van der Waals surface area (Å²) in [4.78, 5) is 12.9. The van der Waals surface area contributed by atoms with Crippen molar-refractivity contribution in [1.82, 2.24) is 4.90 Å². The predicted octanol–water partition coefficient (Wildman–Crippen LogP) is 2.05. The zero-order valence-electron chi connectivity index (χ0n) is 8.87. The van der Waals surface area contributed by atoms with Gasteiger partial charge in [0, 0.05) is 11.0 Å². The van der Waals surface area contributed by atoms with Gasteiger partial charge in [-0.15, -0.1) is 0 Å². The molecule has 0 aliphatic carbocycles. The predicted molar refractivity (Wildman–Crippen MR) is 62.5 cm³/mol. The van der Waals surface area contributed by atoms with Crippen molar-refractivity contribution in [3.63, 3.8) is 0 Å². The minimum absolute atomic E-state index is 0.213. The van der Waals surface area contributed by atoms with E-state index in [2.05, 4.69) is 20.7 Å². The number of likely N-dealkylation sites (N-methyl/N-ethyl adjacent to an activating group) is 1. The minimum atomic E-state index is -0.213. The first-order valence-corrected chi connectivity index (χ1v) is 5.41. The third-order valence-electron chi connectivity index (χ3n) is 1.99. The number of carbonyl (C=O) groups is 1. The Hall–Kier alpha value is -0.870. The lowest BCUT2D eigenvalue weighted by molar-refractivity contribution is -0.141. The first kappa shape index (κ1) is 12.2. The molecule has 1 aromatic carbocycles. The van der Waals surface area contributed by atoms with Crippen LogP contribution in [0.1, 0.15) is 5.56 Å². The lowest BCUT2D eigenvalue weighted by atomic mass is 10.2. The number of halogens is 1. The van der Waals surface area contributed by atoms with Crippen molar-refractivity contribution in [2.24, 2.45) is 0 Å². The average molecular weight is 272 g/mol. The van der Waals surface area contributed by atoms with Gasteiger partial charge in [0.15, 0.2) is 0 Å². The van der Waals surface area contributed by atoms with E-state index in [-0.39, 0.29) is 5.97 Å². The van der Waals surface area contributed by atoms with E-state index in [0.29, 0.717) is 6.54 Å². The van der Waals surface area contributed by atoms with Crippen LogP contribution in [0, 0.1) is 0 Å². The number of benzene rings is 1.